The number of unbranched alkanes of at least 4 members (excludes halogenated alkanes) is 30. The predicted octanol–water partition coefficient (Wildman–Crippen LogP) is 15.0. The molecule has 0 amide bonds. The Hall–Kier alpha value is -1.95. The molecule has 0 N–H and O–H groups in total. The van der Waals surface area contributed by atoms with Crippen LogP contribution in [0.5, 0.6) is 5.75 Å². The highest BCUT2D eigenvalue weighted by molar-refractivity contribution is 5.69. The van der Waals surface area contributed by atoms with Gasteiger partial charge in [0.05, 0.1) is 30.6 Å². The van der Waals surface area contributed by atoms with Crippen LogP contribution in [0.1, 0.15) is 232 Å². The van der Waals surface area contributed by atoms with Crippen molar-refractivity contribution in [1.29, 1.82) is 0 Å². The summed E-state index contributed by atoms with van der Waals surface area (Å²) < 4.78 is 6.12. The summed E-state index contributed by atoms with van der Waals surface area (Å²) in [4.78, 5) is 23.3. The lowest BCUT2D eigenvalue weighted by Crippen LogP contribution is -2.45. The van der Waals surface area contributed by atoms with Crippen LogP contribution in [0.2, 0.25) is 0 Å². The van der Waals surface area contributed by atoms with Crippen LogP contribution in [0.4, 0.5) is 5.69 Å². The van der Waals surface area contributed by atoms with Gasteiger partial charge in [0, 0.05) is 13.0 Å². The number of hydrogen-bond acceptors (Lipinski definition) is 4. The van der Waals surface area contributed by atoms with Crippen molar-refractivity contribution < 1.29 is 18.9 Å². The van der Waals surface area contributed by atoms with Gasteiger partial charge in [-0.05, 0) is 37.8 Å². The zero-order valence-corrected chi connectivity index (χ0v) is 35.0. The standard InChI is InChI=1S/C46H85N2O4/c1-5-7-9-11-13-15-17-19-21-23-25-27-29-31-33-35-39-48(4,42-44-41-45(52-43(3)49)37-38-46(44)47(50)51)40-36-34-32-30-28-26-24-22-20-18-16-14-12-10-8-6-2/h37-38,41H,5-36,39-40,42H2,1-4H3/q+1. The lowest BCUT2D eigenvalue weighted by molar-refractivity contribution is -0.923. The molecule has 6 heteroatoms. The van der Waals surface area contributed by atoms with E-state index in [0.29, 0.717) is 17.9 Å². The van der Waals surface area contributed by atoms with Crippen LogP contribution in [0.15, 0.2) is 18.2 Å². The highest BCUT2D eigenvalue weighted by Gasteiger charge is 2.27. The quantitative estimate of drug-likeness (QED) is 0.0170. The molecule has 0 radical (unpaired) electrons. The fourth-order valence-corrected chi connectivity index (χ4v) is 7.86. The van der Waals surface area contributed by atoms with Crippen molar-refractivity contribution in [1.82, 2.24) is 0 Å². The minimum Gasteiger partial charge on any atom is -0.427 e. The Morgan fingerprint density at radius 3 is 1.15 bits per heavy atom. The van der Waals surface area contributed by atoms with Gasteiger partial charge in [-0.1, -0.05) is 194 Å². The zero-order valence-electron chi connectivity index (χ0n) is 35.0. The lowest BCUT2D eigenvalue weighted by atomic mass is 10.0. The number of rotatable bonds is 38. The summed E-state index contributed by atoms with van der Waals surface area (Å²) in [6, 6.07) is 4.76. The molecule has 0 saturated carbocycles. The molecular formula is C46H85N2O4+. The Balaban J connectivity index is 2.41. The SMILES string of the molecule is CCCCCCCCCCCCCCCCCC[N+](C)(CCCCCCCCCCCCCCCCCC)Cc1cc(OC(C)=O)ccc1[N+](=O)[O-]. The van der Waals surface area contributed by atoms with E-state index in [1.165, 1.54) is 206 Å². The average Bonchev–Trinajstić information content (AvgIpc) is 3.11. The maximum Gasteiger partial charge on any atom is 0.308 e. The zero-order chi connectivity index (χ0) is 38.0. The summed E-state index contributed by atoms with van der Waals surface area (Å²) in [7, 11) is 2.28. The average molecular weight is 730 g/mol. The van der Waals surface area contributed by atoms with Crippen LogP contribution < -0.4 is 4.74 Å². The van der Waals surface area contributed by atoms with E-state index >= 15 is 0 Å². The van der Waals surface area contributed by atoms with Crippen LogP contribution in [0, 0.1) is 10.1 Å². The largest absolute Gasteiger partial charge is 0.427 e. The van der Waals surface area contributed by atoms with Crippen molar-refractivity contribution in [3.05, 3.63) is 33.9 Å². The topological polar surface area (TPSA) is 69.4 Å². The number of quaternary nitrogens is 1. The first-order chi connectivity index (χ1) is 25.3. The van der Waals surface area contributed by atoms with E-state index in [-0.39, 0.29) is 10.6 Å². The van der Waals surface area contributed by atoms with Crippen molar-refractivity contribution in [2.45, 2.75) is 233 Å². The molecule has 1 aromatic rings. The Kier molecular flexibility index (Phi) is 31.1. The third-order valence-corrected chi connectivity index (χ3v) is 11.2. The van der Waals surface area contributed by atoms with Gasteiger partial charge >= 0.3 is 5.97 Å². The fraction of sp³-hybridized carbons (Fsp3) is 0.848. The van der Waals surface area contributed by atoms with Crippen LogP contribution in [-0.4, -0.2) is 35.5 Å². The molecule has 6 nitrogen and oxygen atoms in total. The molecule has 0 aliphatic heterocycles. The van der Waals surface area contributed by atoms with Crippen LogP contribution in [-0.2, 0) is 11.3 Å². The number of nitro benzene ring substituents is 1. The van der Waals surface area contributed by atoms with E-state index in [2.05, 4.69) is 20.9 Å². The first kappa shape index (κ1) is 48.1. The van der Waals surface area contributed by atoms with Crippen LogP contribution in [0.25, 0.3) is 0 Å². The van der Waals surface area contributed by atoms with E-state index in [4.69, 9.17) is 4.74 Å². The highest BCUT2D eigenvalue weighted by atomic mass is 16.6. The van der Waals surface area contributed by atoms with Gasteiger partial charge in [0.15, 0.2) is 0 Å². The van der Waals surface area contributed by atoms with Crippen molar-refractivity contribution in [3.63, 3.8) is 0 Å². The normalized spacial score (nSPS) is 11.7. The Morgan fingerprint density at radius 1 is 0.558 bits per heavy atom. The lowest BCUT2D eigenvalue weighted by Gasteiger charge is -2.35. The molecule has 0 heterocycles. The van der Waals surface area contributed by atoms with Crippen molar-refractivity contribution in [2.75, 3.05) is 20.1 Å². The molecule has 0 saturated heterocycles. The Bertz CT molecular complexity index is 961. The van der Waals surface area contributed by atoms with E-state index in [0.717, 1.165) is 30.4 Å². The Labute approximate surface area is 322 Å². The van der Waals surface area contributed by atoms with E-state index in [9.17, 15) is 14.9 Å². The first-order valence-corrected chi connectivity index (χ1v) is 22.6. The molecule has 0 atom stereocenters. The third kappa shape index (κ3) is 27.6. The third-order valence-electron chi connectivity index (χ3n) is 11.2. The number of hydrogen-bond donors (Lipinski definition) is 0. The molecule has 0 aliphatic rings. The summed E-state index contributed by atoms with van der Waals surface area (Å²) in [5.41, 5.74) is 0.790. The number of carbonyl (C=O) groups excluding carboxylic acids is 1. The van der Waals surface area contributed by atoms with Crippen LogP contribution >= 0.6 is 0 Å². The van der Waals surface area contributed by atoms with Gasteiger partial charge in [0.1, 0.15) is 12.3 Å². The van der Waals surface area contributed by atoms with Crippen molar-refractivity contribution in [2.24, 2.45) is 0 Å². The molecule has 0 fully saturated rings. The molecule has 1 rings (SSSR count). The second-order valence-electron chi connectivity index (χ2n) is 16.5. The number of benzene rings is 1. The first-order valence-electron chi connectivity index (χ1n) is 22.6. The summed E-state index contributed by atoms with van der Waals surface area (Å²) in [6.07, 6.45) is 43.4. The number of carbonyl (C=O) groups is 1. The molecule has 0 spiro atoms. The summed E-state index contributed by atoms with van der Waals surface area (Å²) in [5, 5.41) is 12.0. The summed E-state index contributed by atoms with van der Waals surface area (Å²) in [5.74, 6) is -0.0112. The molecule has 0 aliphatic carbocycles. The van der Waals surface area contributed by atoms with Crippen LogP contribution in [0.3, 0.4) is 0 Å². The molecule has 0 bridgehead atoms. The van der Waals surface area contributed by atoms with Crippen molar-refractivity contribution >= 4 is 11.7 Å². The monoisotopic (exact) mass is 730 g/mol. The molecule has 0 aromatic heterocycles. The number of nitrogens with zero attached hydrogens (tertiary/aromatic N) is 2. The summed E-state index contributed by atoms with van der Waals surface area (Å²) >= 11 is 0. The minimum atomic E-state index is -0.404. The maximum absolute atomic E-state index is 12.0. The predicted molar refractivity (Wildman–Crippen MR) is 223 cm³/mol. The summed E-state index contributed by atoms with van der Waals surface area (Å²) in [6.45, 7) is 8.57. The van der Waals surface area contributed by atoms with E-state index in [1.54, 1.807) is 12.1 Å². The second kappa shape index (κ2) is 33.6. The Morgan fingerprint density at radius 2 is 0.865 bits per heavy atom. The molecule has 52 heavy (non-hydrogen) atoms. The van der Waals surface area contributed by atoms with Gasteiger partial charge in [0.25, 0.3) is 5.69 Å². The minimum absolute atomic E-state index is 0.124. The number of esters is 1. The molecule has 302 valence electrons. The van der Waals surface area contributed by atoms with Gasteiger partial charge in [-0.15, -0.1) is 0 Å². The van der Waals surface area contributed by atoms with Gasteiger partial charge in [-0.3, -0.25) is 14.9 Å². The second-order valence-corrected chi connectivity index (χ2v) is 16.5. The van der Waals surface area contributed by atoms with Crippen molar-refractivity contribution in [3.8, 4) is 5.75 Å². The van der Waals surface area contributed by atoms with E-state index < -0.39 is 5.97 Å². The fourth-order valence-electron chi connectivity index (χ4n) is 7.86. The van der Waals surface area contributed by atoms with Gasteiger partial charge in [-0.25, -0.2) is 0 Å². The number of nitro groups is 1. The van der Waals surface area contributed by atoms with E-state index in [1.807, 2.05) is 0 Å². The molecule has 1 aromatic carbocycles. The maximum atomic E-state index is 12.0. The number of ether oxygens (including phenoxy) is 1. The van der Waals surface area contributed by atoms with Gasteiger partial charge < -0.3 is 9.22 Å². The smallest absolute Gasteiger partial charge is 0.308 e. The van der Waals surface area contributed by atoms with Gasteiger partial charge in [-0.2, -0.15) is 0 Å². The molecular weight excluding hydrogens is 645 g/mol. The highest BCUT2D eigenvalue weighted by Crippen LogP contribution is 2.29. The van der Waals surface area contributed by atoms with Gasteiger partial charge in [0.2, 0.25) is 0 Å². The molecule has 0 unspecified atom stereocenters.